The summed E-state index contributed by atoms with van der Waals surface area (Å²) < 4.78 is 5.17. The Kier molecular flexibility index (Phi) is 6.63. The number of nitrogens with one attached hydrogen (secondary N) is 1. The second-order valence-electron chi connectivity index (χ2n) is 5.78. The second-order valence-corrected chi connectivity index (χ2v) is 7.16. The van der Waals surface area contributed by atoms with Crippen molar-refractivity contribution in [3.8, 4) is 17.0 Å². The quantitative estimate of drug-likeness (QED) is 0.579. The lowest BCUT2D eigenvalue weighted by atomic mass is 10.2. The fraction of sp³-hybridized carbons (Fsp3) is 0.143. The number of hydrogen-bond donors (Lipinski definition) is 1. The molecule has 6 heteroatoms. The summed E-state index contributed by atoms with van der Waals surface area (Å²) >= 11 is 7.43. The van der Waals surface area contributed by atoms with Gasteiger partial charge in [-0.15, -0.1) is 11.3 Å². The average Bonchev–Trinajstić information content (AvgIpc) is 3.16. The maximum Gasteiger partial charge on any atom is 0.244 e. The lowest BCUT2D eigenvalue weighted by molar-refractivity contribution is -0.116. The molecule has 0 aliphatic rings. The first-order chi connectivity index (χ1) is 13.1. The van der Waals surface area contributed by atoms with Gasteiger partial charge < -0.3 is 10.1 Å². The van der Waals surface area contributed by atoms with Crippen molar-refractivity contribution in [1.29, 1.82) is 0 Å². The Morgan fingerprint density at radius 3 is 2.63 bits per heavy atom. The molecule has 0 aliphatic carbocycles. The largest absolute Gasteiger partial charge is 0.497 e. The number of carbonyl (C=O) groups is 1. The molecule has 4 nitrogen and oxygen atoms in total. The Hall–Kier alpha value is -2.63. The summed E-state index contributed by atoms with van der Waals surface area (Å²) in [6, 6.07) is 15.1. The number of thiazole rings is 1. The van der Waals surface area contributed by atoms with Gasteiger partial charge in [0.05, 0.1) is 17.8 Å². The minimum Gasteiger partial charge on any atom is -0.497 e. The summed E-state index contributed by atoms with van der Waals surface area (Å²) in [4.78, 5) is 16.5. The summed E-state index contributed by atoms with van der Waals surface area (Å²) in [6.07, 6.45) is 3.98. The van der Waals surface area contributed by atoms with Gasteiger partial charge in [0.1, 0.15) is 5.75 Å². The lowest BCUT2D eigenvalue weighted by Gasteiger charge is -2.01. The second kappa shape index (κ2) is 9.35. The SMILES string of the molecule is COc1ccc(-c2csc(CCNC(=O)/C=C/c3ccc(Cl)cc3)n2)cc1. The zero-order chi connectivity index (χ0) is 19.1. The van der Waals surface area contributed by atoms with E-state index in [0.29, 0.717) is 18.0 Å². The van der Waals surface area contributed by atoms with Crippen LogP contribution in [0.4, 0.5) is 0 Å². The van der Waals surface area contributed by atoms with Crippen molar-refractivity contribution < 1.29 is 9.53 Å². The van der Waals surface area contributed by atoms with Crippen LogP contribution in [0, 0.1) is 0 Å². The van der Waals surface area contributed by atoms with Gasteiger partial charge in [-0.3, -0.25) is 4.79 Å². The molecule has 0 bridgehead atoms. The summed E-state index contributed by atoms with van der Waals surface area (Å²) in [5.74, 6) is 0.695. The highest BCUT2D eigenvalue weighted by Crippen LogP contribution is 2.24. The normalized spacial score (nSPS) is 10.9. The fourth-order valence-electron chi connectivity index (χ4n) is 2.42. The smallest absolute Gasteiger partial charge is 0.244 e. The molecule has 138 valence electrons. The third-order valence-electron chi connectivity index (χ3n) is 3.87. The van der Waals surface area contributed by atoms with Crippen LogP contribution >= 0.6 is 22.9 Å². The van der Waals surface area contributed by atoms with Gasteiger partial charge in [-0.1, -0.05) is 23.7 Å². The molecule has 0 atom stereocenters. The number of nitrogens with zero attached hydrogens (tertiary/aromatic N) is 1. The van der Waals surface area contributed by atoms with E-state index in [1.165, 1.54) is 6.08 Å². The maximum atomic E-state index is 11.9. The van der Waals surface area contributed by atoms with E-state index in [4.69, 9.17) is 16.3 Å². The van der Waals surface area contributed by atoms with E-state index in [1.54, 1.807) is 36.7 Å². The Morgan fingerprint density at radius 2 is 1.93 bits per heavy atom. The van der Waals surface area contributed by atoms with Crippen LogP contribution in [0.2, 0.25) is 5.02 Å². The average molecular weight is 399 g/mol. The number of benzene rings is 2. The first kappa shape index (κ1) is 19.1. The third kappa shape index (κ3) is 5.67. The molecule has 0 fully saturated rings. The van der Waals surface area contributed by atoms with Crippen LogP contribution in [0.1, 0.15) is 10.6 Å². The van der Waals surface area contributed by atoms with Crippen molar-refractivity contribution in [2.45, 2.75) is 6.42 Å². The van der Waals surface area contributed by atoms with Crippen molar-refractivity contribution >= 4 is 34.9 Å². The van der Waals surface area contributed by atoms with Crippen molar-refractivity contribution in [3.05, 3.63) is 75.6 Å². The van der Waals surface area contributed by atoms with Crippen LogP contribution < -0.4 is 10.1 Å². The van der Waals surface area contributed by atoms with Gasteiger partial charge in [-0.25, -0.2) is 4.98 Å². The molecule has 2 aromatic carbocycles. The molecule has 1 amide bonds. The number of rotatable bonds is 7. The molecule has 1 heterocycles. The highest BCUT2D eigenvalue weighted by molar-refractivity contribution is 7.09. The van der Waals surface area contributed by atoms with Gasteiger partial charge in [0.15, 0.2) is 0 Å². The van der Waals surface area contributed by atoms with E-state index in [1.807, 2.05) is 41.8 Å². The predicted octanol–water partition coefficient (Wildman–Crippen LogP) is 4.84. The lowest BCUT2D eigenvalue weighted by Crippen LogP contribution is -2.23. The van der Waals surface area contributed by atoms with Crippen molar-refractivity contribution in [2.24, 2.45) is 0 Å². The highest BCUT2D eigenvalue weighted by Gasteiger charge is 2.05. The van der Waals surface area contributed by atoms with Gasteiger partial charge >= 0.3 is 0 Å². The van der Waals surface area contributed by atoms with Gasteiger partial charge in [0, 0.05) is 35.0 Å². The molecule has 1 aromatic heterocycles. The minimum atomic E-state index is -0.128. The molecular formula is C21H19ClN2O2S. The number of carbonyl (C=O) groups excluding carboxylic acids is 1. The number of aromatic nitrogens is 1. The minimum absolute atomic E-state index is 0.128. The first-order valence-electron chi connectivity index (χ1n) is 8.44. The molecule has 0 spiro atoms. The standard InChI is InChI=1S/C21H19ClN2O2S/c1-26-18-9-5-16(6-10-18)19-14-27-21(24-19)12-13-23-20(25)11-4-15-2-7-17(22)8-3-15/h2-11,14H,12-13H2,1H3,(H,23,25)/b11-4+. The number of amides is 1. The Morgan fingerprint density at radius 1 is 1.19 bits per heavy atom. The number of methoxy groups -OCH3 is 1. The van der Waals surface area contributed by atoms with Crippen LogP contribution in [0.25, 0.3) is 17.3 Å². The zero-order valence-corrected chi connectivity index (χ0v) is 16.4. The van der Waals surface area contributed by atoms with Crippen LogP contribution in [-0.4, -0.2) is 24.5 Å². The van der Waals surface area contributed by atoms with Crippen LogP contribution in [0.3, 0.4) is 0 Å². The van der Waals surface area contributed by atoms with E-state index in [9.17, 15) is 4.79 Å². The van der Waals surface area contributed by atoms with E-state index in [2.05, 4.69) is 10.3 Å². The van der Waals surface area contributed by atoms with E-state index in [0.717, 1.165) is 27.6 Å². The first-order valence-corrected chi connectivity index (χ1v) is 9.70. The molecule has 3 aromatic rings. The Bertz CT molecular complexity index is 918. The van der Waals surface area contributed by atoms with Gasteiger partial charge in [-0.05, 0) is 48.0 Å². The molecule has 0 saturated heterocycles. The summed E-state index contributed by atoms with van der Waals surface area (Å²) in [5.41, 5.74) is 2.92. The van der Waals surface area contributed by atoms with E-state index < -0.39 is 0 Å². The third-order valence-corrected chi connectivity index (χ3v) is 5.03. The summed E-state index contributed by atoms with van der Waals surface area (Å²) in [7, 11) is 1.65. The van der Waals surface area contributed by atoms with Gasteiger partial charge in [0.25, 0.3) is 0 Å². The number of ether oxygens (including phenoxy) is 1. The predicted molar refractivity (Wildman–Crippen MR) is 111 cm³/mol. The topological polar surface area (TPSA) is 51.2 Å². The van der Waals surface area contributed by atoms with Crippen molar-refractivity contribution in [1.82, 2.24) is 10.3 Å². The Labute approximate surface area is 167 Å². The van der Waals surface area contributed by atoms with Gasteiger partial charge in [-0.2, -0.15) is 0 Å². The highest BCUT2D eigenvalue weighted by atomic mass is 35.5. The maximum absolute atomic E-state index is 11.9. The molecule has 0 aliphatic heterocycles. The van der Waals surface area contributed by atoms with E-state index >= 15 is 0 Å². The van der Waals surface area contributed by atoms with Crippen LogP contribution in [0.5, 0.6) is 5.75 Å². The molecule has 0 unspecified atom stereocenters. The summed E-state index contributed by atoms with van der Waals surface area (Å²) in [5, 5.41) is 6.57. The van der Waals surface area contributed by atoms with Crippen molar-refractivity contribution in [2.75, 3.05) is 13.7 Å². The van der Waals surface area contributed by atoms with Crippen LogP contribution in [0.15, 0.2) is 60.0 Å². The zero-order valence-electron chi connectivity index (χ0n) is 14.8. The summed E-state index contributed by atoms with van der Waals surface area (Å²) in [6.45, 7) is 0.541. The number of halogens is 1. The number of hydrogen-bond acceptors (Lipinski definition) is 4. The molecule has 27 heavy (non-hydrogen) atoms. The monoisotopic (exact) mass is 398 g/mol. The molecular weight excluding hydrogens is 380 g/mol. The van der Waals surface area contributed by atoms with Gasteiger partial charge in [0.2, 0.25) is 5.91 Å². The molecule has 3 rings (SSSR count). The Balaban J connectivity index is 1.48. The molecule has 0 radical (unpaired) electrons. The van der Waals surface area contributed by atoms with E-state index in [-0.39, 0.29) is 5.91 Å². The van der Waals surface area contributed by atoms with Crippen molar-refractivity contribution in [3.63, 3.8) is 0 Å². The fourth-order valence-corrected chi connectivity index (χ4v) is 3.35. The molecule has 0 saturated carbocycles. The van der Waals surface area contributed by atoms with Crippen LogP contribution in [-0.2, 0) is 11.2 Å². The molecule has 1 N–H and O–H groups in total.